The summed E-state index contributed by atoms with van der Waals surface area (Å²) in [5, 5.41) is 6.55. The summed E-state index contributed by atoms with van der Waals surface area (Å²) in [6.45, 7) is 6.98. The van der Waals surface area contributed by atoms with E-state index >= 15 is 0 Å². The maximum Gasteiger partial charge on any atom is 0.344 e. The van der Waals surface area contributed by atoms with Crippen LogP contribution in [-0.4, -0.2) is 46.7 Å². The molecule has 2 saturated carbocycles. The first-order valence-electron chi connectivity index (χ1n) is 16.3. The van der Waals surface area contributed by atoms with Crippen LogP contribution in [0.5, 0.6) is 5.75 Å². The van der Waals surface area contributed by atoms with E-state index in [-0.39, 0.29) is 17.9 Å². The van der Waals surface area contributed by atoms with Gasteiger partial charge in [0.15, 0.2) is 0 Å². The van der Waals surface area contributed by atoms with Crippen molar-refractivity contribution < 1.29 is 23.8 Å². The topological polar surface area (TPSA) is 107 Å². The van der Waals surface area contributed by atoms with E-state index in [1.54, 1.807) is 27.0 Å². The Morgan fingerprint density at radius 3 is 2.46 bits per heavy atom. The van der Waals surface area contributed by atoms with Crippen molar-refractivity contribution in [2.24, 2.45) is 17.3 Å². The standard InChI is InChI=1S/C36H45N5O5/c1-23(24-11-7-6-8-12-24)46-28-16-10-14-26(18-28)25-13-9-15-27(17-25)41-33(30-19-29(30)32-21-40(5)39-38-32)31(20-37-41)34(42)44-22-45-35(43)36(2,3)4/h9-10,13-18,20-21,23-24,29-30,38-39H,6-8,11-12,19,22H2,1-5H3/t23-,29+,30+/m0/s1. The highest BCUT2D eigenvalue weighted by Crippen LogP contribution is 2.53. The normalized spacial score (nSPS) is 20.5. The van der Waals surface area contributed by atoms with Crippen molar-refractivity contribution in [3.8, 4) is 22.6 Å². The maximum absolute atomic E-state index is 13.4. The van der Waals surface area contributed by atoms with Crippen molar-refractivity contribution in [2.45, 2.75) is 78.2 Å². The van der Waals surface area contributed by atoms with Crippen LogP contribution >= 0.6 is 0 Å². The van der Waals surface area contributed by atoms with Gasteiger partial charge < -0.3 is 19.6 Å². The van der Waals surface area contributed by atoms with E-state index in [0.717, 1.165) is 40.4 Å². The van der Waals surface area contributed by atoms with Gasteiger partial charge in [-0.1, -0.05) is 43.5 Å². The van der Waals surface area contributed by atoms with Crippen LogP contribution in [0.1, 0.15) is 88.2 Å². The lowest BCUT2D eigenvalue weighted by molar-refractivity contribution is -0.161. The summed E-state index contributed by atoms with van der Waals surface area (Å²) < 4.78 is 18.9. The van der Waals surface area contributed by atoms with Gasteiger partial charge in [0.25, 0.3) is 0 Å². The number of aromatic nitrogens is 2. The van der Waals surface area contributed by atoms with Crippen LogP contribution < -0.4 is 15.7 Å². The highest BCUT2D eigenvalue weighted by Gasteiger charge is 2.47. The third-order valence-corrected chi connectivity index (χ3v) is 9.16. The number of benzene rings is 2. The van der Waals surface area contributed by atoms with Crippen LogP contribution in [0, 0.1) is 17.3 Å². The molecule has 3 aliphatic rings. The lowest BCUT2D eigenvalue weighted by atomic mass is 9.86. The molecule has 3 aromatic rings. The van der Waals surface area contributed by atoms with Crippen LogP contribution in [0.25, 0.3) is 16.8 Å². The number of hydrazine groups is 2. The first-order valence-corrected chi connectivity index (χ1v) is 16.3. The summed E-state index contributed by atoms with van der Waals surface area (Å²) in [5.74, 6) is 0.671. The molecule has 2 aliphatic carbocycles. The zero-order valence-corrected chi connectivity index (χ0v) is 27.4. The Morgan fingerprint density at radius 2 is 1.74 bits per heavy atom. The second kappa shape index (κ2) is 13.2. The summed E-state index contributed by atoms with van der Waals surface area (Å²) in [5.41, 5.74) is 10.7. The zero-order chi connectivity index (χ0) is 32.4. The molecular weight excluding hydrogens is 582 g/mol. The summed E-state index contributed by atoms with van der Waals surface area (Å²) in [6.07, 6.45) is 10.9. The monoisotopic (exact) mass is 627 g/mol. The minimum Gasteiger partial charge on any atom is -0.490 e. The number of hydrogen-bond acceptors (Lipinski definition) is 9. The van der Waals surface area contributed by atoms with Gasteiger partial charge in [0.2, 0.25) is 6.79 Å². The molecule has 1 aliphatic heterocycles. The molecule has 10 heteroatoms. The molecule has 0 amide bonds. The van der Waals surface area contributed by atoms with Gasteiger partial charge in [-0.2, -0.15) is 5.10 Å². The fraction of sp³-hybridized carbons (Fsp3) is 0.472. The van der Waals surface area contributed by atoms with Crippen molar-refractivity contribution in [3.63, 3.8) is 0 Å². The number of hydrogen-bond donors (Lipinski definition) is 2. The van der Waals surface area contributed by atoms with E-state index < -0.39 is 24.1 Å². The quantitative estimate of drug-likeness (QED) is 0.193. The first kappa shape index (κ1) is 31.7. The van der Waals surface area contributed by atoms with Crippen LogP contribution in [0.2, 0.25) is 0 Å². The predicted octanol–water partition coefficient (Wildman–Crippen LogP) is 6.49. The zero-order valence-electron chi connectivity index (χ0n) is 27.4. The van der Waals surface area contributed by atoms with Crippen LogP contribution in [0.3, 0.4) is 0 Å². The number of carbonyl (C=O) groups excluding carboxylic acids is 2. The molecule has 46 heavy (non-hydrogen) atoms. The Hall–Kier alpha value is -4.31. The van der Waals surface area contributed by atoms with Crippen molar-refractivity contribution in [1.82, 2.24) is 25.7 Å². The Balaban J connectivity index is 1.25. The highest BCUT2D eigenvalue weighted by molar-refractivity contribution is 5.91. The average Bonchev–Trinajstić information content (AvgIpc) is 3.49. The number of ether oxygens (including phenoxy) is 3. The third-order valence-electron chi connectivity index (χ3n) is 9.16. The van der Waals surface area contributed by atoms with E-state index in [0.29, 0.717) is 11.5 Å². The number of carbonyl (C=O) groups is 2. The molecule has 0 radical (unpaired) electrons. The Morgan fingerprint density at radius 1 is 1.00 bits per heavy atom. The lowest BCUT2D eigenvalue weighted by Gasteiger charge is -2.28. The molecule has 2 fully saturated rings. The van der Waals surface area contributed by atoms with E-state index in [1.165, 1.54) is 32.1 Å². The molecule has 3 atom stereocenters. The number of esters is 2. The Labute approximate surface area is 271 Å². The van der Waals surface area contributed by atoms with Crippen LogP contribution in [0.4, 0.5) is 0 Å². The number of nitrogens with one attached hydrogen (secondary N) is 2. The summed E-state index contributed by atoms with van der Waals surface area (Å²) in [4.78, 5) is 25.6. The van der Waals surface area contributed by atoms with Crippen molar-refractivity contribution in [3.05, 3.63) is 77.9 Å². The van der Waals surface area contributed by atoms with E-state index in [1.807, 2.05) is 47.2 Å². The lowest BCUT2D eigenvalue weighted by Crippen LogP contribution is -2.33. The molecule has 1 aromatic heterocycles. The van der Waals surface area contributed by atoms with Crippen molar-refractivity contribution in [1.29, 1.82) is 0 Å². The number of nitrogens with zero attached hydrogens (tertiary/aromatic N) is 3. The van der Waals surface area contributed by atoms with Crippen molar-refractivity contribution in [2.75, 3.05) is 13.8 Å². The van der Waals surface area contributed by atoms with Gasteiger partial charge in [-0.3, -0.25) is 9.80 Å². The fourth-order valence-corrected chi connectivity index (χ4v) is 6.44. The van der Waals surface area contributed by atoms with Crippen LogP contribution in [0.15, 0.2) is 66.6 Å². The molecule has 2 N–H and O–H groups in total. The van der Waals surface area contributed by atoms with Gasteiger partial charge >= 0.3 is 11.9 Å². The first-order chi connectivity index (χ1) is 22.1. The predicted molar refractivity (Wildman–Crippen MR) is 174 cm³/mol. The molecule has 2 heterocycles. The minimum absolute atomic E-state index is 0.0379. The SMILES string of the molecule is C[C@H](Oc1cccc(-c2cccc(-n3ncc(C(=O)OCOC(=O)C(C)(C)C)c3[C@@H]3C[C@H]3C3=CN(C)NN3)c2)c1)C1CCCCC1. The van der Waals surface area contributed by atoms with Gasteiger partial charge in [0, 0.05) is 30.8 Å². The summed E-state index contributed by atoms with van der Waals surface area (Å²) in [7, 11) is 1.92. The molecule has 244 valence electrons. The summed E-state index contributed by atoms with van der Waals surface area (Å²) >= 11 is 0. The maximum atomic E-state index is 13.4. The molecule has 0 saturated heterocycles. The van der Waals surface area contributed by atoms with Gasteiger partial charge in [-0.25, -0.2) is 9.48 Å². The summed E-state index contributed by atoms with van der Waals surface area (Å²) in [6, 6.07) is 16.4. The van der Waals surface area contributed by atoms with Gasteiger partial charge in [-0.15, -0.1) is 5.53 Å². The number of allylic oxidation sites excluding steroid dienone is 1. The van der Waals surface area contributed by atoms with E-state index in [9.17, 15) is 9.59 Å². The molecule has 6 rings (SSSR count). The number of rotatable bonds is 10. The third kappa shape index (κ3) is 7.07. The molecule has 0 unspecified atom stereocenters. The average molecular weight is 628 g/mol. The van der Waals surface area contributed by atoms with Gasteiger partial charge in [0.1, 0.15) is 11.3 Å². The van der Waals surface area contributed by atoms with Crippen LogP contribution in [-0.2, 0) is 14.3 Å². The molecule has 2 aromatic carbocycles. The van der Waals surface area contributed by atoms with E-state index in [4.69, 9.17) is 14.2 Å². The van der Waals surface area contributed by atoms with Crippen molar-refractivity contribution >= 4 is 11.9 Å². The Kier molecular flexibility index (Phi) is 9.08. The second-order valence-corrected chi connectivity index (χ2v) is 13.8. The van der Waals surface area contributed by atoms with Gasteiger partial charge in [-0.05, 0) is 88.3 Å². The molecule has 0 bridgehead atoms. The van der Waals surface area contributed by atoms with E-state index in [2.05, 4.69) is 47.2 Å². The second-order valence-electron chi connectivity index (χ2n) is 13.8. The largest absolute Gasteiger partial charge is 0.490 e. The highest BCUT2D eigenvalue weighted by atomic mass is 16.7. The minimum atomic E-state index is -0.697. The molecule has 0 spiro atoms. The Bertz CT molecular complexity index is 1600. The molecule has 10 nitrogen and oxygen atoms in total. The smallest absolute Gasteiger partial charge is 0.344 e. The molecular formula is C36H45N5O5. The van der Waals surface area contributed by atoms with Gasteiger partial charge in [0.05, 0.1) is 29.1 Å². The fourth-order valence-electron chi connectivity index (χ4n) is 6.44.